The van der Waals surface area contributed by atoms with Crippen LogP contribution in [0.4, 0.5) is 0 Å². The average Bonchev–Trinajstić information content (AvgIpc) is 3.32. The Bertz CT molecular complexity index is 1080. The predicted octanol–water partition coefficient (Wildman–Crippen LogP) is 5.35. The number of fused-ring (bicyclic) bond motifs is 7. The van der Waals surface area contributed by atoms with Crippen LogP contribution in [0, 0.1) is 80.8 Å². The van der Waals surface area contributed by atoms with Gasteiger partial charge in [-0.2, -0.15) is 15.6 Å². The van der Waals surface area contributed by atoms with Gasteiger partial charge < -0.3 is 0 Å². The van der Waals surface area contributed by atoms with Crippen molar-refractivity contribution in [2.45, 2.75) is 78.7 Å². The first kappa shape index (κ1) is 21.4. The maximum Gasteiger partial charge on any atom is 0.163 e. The topological polar surface area (TPSA) is 82.5 Å². The summed E-state index contributed by atoms with van der Waals surface area (Å²) in [6.07, 6.45) is 10.7. The van der Waals surface area contributed by atoms with Crippen LogP contribution < -0.4 is 0 Å². The molecule has 0 radical (unpaired) electrons. The fourth-order valence-electron chi connectivity index (χ4n) is 10.2. The molecule has 33 heavy (non-hydrogen) atoms. The van der Waals surface area contributed by atoms with Crippen LogP contribution in [0.15, 0.2) is 6.07 Å². The zero-order valence-electron chi connectivity index (χ0n) is 20.3. The first-order chi connectivity index (χ1) is 15.8. The molecule has 0 N–H and O–H groups in total. The fourth-order valence-corrected chi connectivity index (χ4v) is 10.2. The predicted molar refractivity (Wildman–Crippen MR) is 123 cm³/mol. The molecule has 6 rings (SSSR count). The largest absolute Gasteiger partial charge is 0.297 e. The quantitative estimate of drug-likeness (QED) is 0.629. The SMILES string of the molecule is CC1CCC2C(CCC3(C)C2CCC2(C)C(C(=O)Cn4nc(C#N)cc4C#N)C4CC4C32)C1. The van der Waals surface area contributed by atoms with E-state index in [-0.39, 0.29) is 29.4 Å². The summed E-state index contributed by atoms with van der Waals surface area (Å²) in [4.78, 5) is 13.8. The lowest BCUT2D eigenvalue weighted by molar-refractivity contribution is -0.150. The third-order valence-electron chi connectivity index (χ3n) is 11.3. The van der Waals surface area contributed by atoms with Gasteiger partial charge in [0.15, 0.2) is 11.5 Å². The van der Waals surface area contributed by atoms with Crippen molar-refractivity contribution in [1.82, 2.24) is 9.78 Å². The number of carbonyl (C=O) groups is 1. The summed E-state index contributed by atoms with van der Waals surface area (Å²) in [5.41, 5.74) is 0.974. The van der Waals surface area contributed by atoms with Gasteiger partial charge >= 0.3 is 0 Å². The number of nitrogens with zero attached hydrogens (tertiary/aromatic N) is 4. The van der Waals surface area contributed by atoms with Crippen LogP contribution in [0.5, 0.6) is 0 Å². The lowest BCUT2D eigenvalue weighted by atomic mass is 9.42. The molecule has 1 aromatic rings. The van der Waals surface area contributed by atoms with Crippen LogP contribution in [0.3, 0.4) is 0 Å². The Morgan fingerprint density at radius 3 is 2.61 bits per heavy atom. The Kier molecular flexibility index (Phi) is 4.65. The molecule has 1 aromatic heterocycles. The maximum atomic E-state index is 13.8. The first-order valence-electron chi connectivity index (χ1n) is 13.2. The van der Waals surface area contributed by atoms with Crippen LogP contribution in [0.25, 0.3) is 0 Å². The van der Waals surface area contributed by atoms with E-state index in [2.05, 4.69) is 31.9 Å². The van der Waals surface area contributed by atoms with Crippen molar-refractivity contribution < 1.29 is 4.79 Å². The molecule has 5 aliphatic rings. The zero-order valence-corrected chi connectivity index (χ0v) is 20.3. The minimum absolute atomic E-state index is 0.0722. The van der Waals surface area contributed by atoms with Crippen LogP contribution >= 0.6 is 0 Å². The molecule has 0 bridgehead atoms. The second-order valence-corrected chi connectivity index (χ2v) is 12.8. The maximum absolute atomic E-state index is 13.8. The first-order valence-corrected chi connectivity index (χ1v) is 13.2. The standard InChI is InChI=1S/C28H36N4O/c1-16-4-5-20-17(10-16)6-8-27(2)23(20)7-9-28(3)25(21-12-22(21)26(27)28)24(33)15-32-19(14-30)11-18(13-29)31-32/h11,16-17,20-23,25-26H,4-10,12,15H2,1-3H3. The molecule has 10 atom stereocenters. The highest BCUT2D eigenvalue weighted by atomic mass is 16.1. The highest BCUT2D eigenvalue weighted by Crippen LogP contribution is 2.78. The molecule has 174 valence electrons. The Morgan fingerprint density at radius 1 is 1.06 bits per heavy atom. The molecular weight excluding hydrogens is 408 g/mol. The van der Waals surface area contributed by atoms with Gasteiger partial charge in [0, 0.05) is 12.0 Å². The number of hydrogen-bond donors (Lipinski definition) is 0. The third kappa shape index (κ3) is 2.94. The van der Waals surface area contributed by atoms with Crippen LogP contribution in [0.1, 0.15) is 83.5 Å². The molecule has 5 saturated carbocycles. The van der Waals surface area contributed by atoms with Crippen LogP contribution in [-0.2, 0) is 11.3 Å². The van der Waals surface area contributed by atoms with E-state index in [1.54, 1.807) is 0 Å². The molecule has 0 aliphatic heterocycles. The van der Waals surface area contributed by atoms with Gasteiger partial charge in [0.05, 0.1) is 0 Å². The summed E-state index contributed by atoms with van der Waals surface area (Å²) >= 11 is 0. The number of Topliss-reactive ketones (excluding diaryl/α,β-unsaturated/α-hetero) is 1. The smallest absolute Gasteiger partial charge is 0.163 e. The second-order valence-electron chi connectivity index (χ2n) is 12.8. The van der Waals surface area contributed by atoms with Crippen LogP contribution in [-0.4, -0.2) is 15.6 Å². The minimum Gasteiger partial charge on any atom is -0.297 e. The third-order valence-corrected chi connectivity index (χ3v) is 11.3. The molecule has 1 heterocycles. The van der Waals surface area contributed by atoms with Gasteiger partial charge in [0.2, 0.25) is 0 Å². The number of nitriles is 2. The summed E-state index contributed by atoms with van der Waals surface area (Å²) in [5.74, 6) is 5.77. The van der Waals surface area contributed by atoms with Crippen molar-refractivity contribution in [3.05, 3.63) is 17.5 Å². The highest BCUT2D eigenvalue weighted by molar-refractivity contribution is 5.83. The van der Waals surface area contributed by atoms with Gasteiger partial charge in [-0.15, -0.1) is 0 Å². The van der Waals surface area contributed by atoms with E-state index in [0.717, 1.165) is 23.7 Å². The summed E-state index contributed by atoms with van der Waals surface area (Å²) < 4.78 is 1.47. The van der Waals surface area contributed by atoms with E-state index in [1.165, 1.54) is 62.1 Å². The van der Waals surface area contributed by atoms with Crippen molar-refractivity contribution in [3.8, 4) is 12.1 Å². The monoisotopic (exact) mass is 444 g/mol. The molecule has 5 heteroatoms. The van der Waals surface area contributed by atoms with Crippen LogP contribution in [0.2, 0.25) is 0 Å². The molecule has 0 saturated heterocycles. The number of aromatic nitrogens is 2. The Morgan fingerprint density at radius 2 is 1.85 bits per heavy atom. The zero-order chi connectivity index (χ0) is 23.1. The number of carbonyl (C=O) groups excluding carboxylic acids is 1. The van der Waals surface area contributed by atoms with Gasteiger partial charge in [-0.25, -0.2) is 4.68 Å². The van der Waals surface area contributed by atoms with Gasteiger partial charge in [-0.1, -0.05) is 27.2 Å². The Balaban J connectivity index is 1.28. The van der Waals surface area contributed by atoms with E-state index in [4.69, 9.17) is 0 Å². The molecular formula is C28H36N4O. The molecule has 0 amide bonds. The van der Waals surface area contributed by atoms with Crippen molar-refractivity contribution in [1.29, 1.82) is 10.5 Å². The molecule has 0 spiro atoms. The van der Waals surface area contributed by atoms with E-state index < -0.39 is 0 Å². The van der Waals surface area contributed by atoms with Gasteiger partial charge in [-0.05, 0) is 97.2 Å². The molecule has 0 aromatic carbocycles. The van der Waals surface area contributed by atoms with Gasteiger partial charge in [0.25, 0.3) is 0 Å². The van der Waals surface area contributed by atoms with Gasteiger partial charge in [-0.3, -0.25) is 4.79 Å². The van der Waals surface area contributed by atoms with E-state index >= 15 is 0 Å². The molecule has 10 unspecified atom stereocenters. The van der Waals surface area contributed by atoms with E-state index in [1.807, 2.05) is 6.07 Å². The average molecular weight is 445 g/mol. The summed E-state index contributed by atoms with van der Waals surface area (Å²) in [6.45, 7) is 7.61. The minimum atomic E-state index is 0.0722. The van der Waals surface area contributed by atoms with E-state index in [9.17, 15) is 15.3 Å². The van der Waals surface area contributed by atoms with Crippen molar-refractivity contribution in [2.24, 2.45) is 58.2 Å². The summed E-state index contributed by atoms with van der Waals surface area (Å²) in [7, 11) is 0. The molecule has 5 nitrogen and oxygen atoms in total. The molecule has 5 aliphatic carbocycles. The highest BCUT2D eigenvalue weighted by Gasteiger charge is 2.73. The lowest BCUT2D eigenvalue weighted by Crippen LogP contribution is -2.56. The van der Waals surface area contributed by atoms with Crippen molar-refractivity contribution in [3.63, 3.8) is 0 Å². The fraction of sp³-hybridized carbons (Fsp3) is 0.786. The number of hydrogen-bond acceptors (Lipinski definition) is 4. The Hall–Kier alpha value is -2.14. The van der Waals surface area contributed by atoms with E-state index in [0.29, 0.717) is 28.9 Å². The Labute approximate surface area is 197 Å². The molecule has 5 fully saturated rings. The lowest BCUT2D eigenvalue weighted by Gasteiger charge is -2.62. The second kappa shape index (κ2) is 7.18. The summed E-state index contributed by atoms with van der Waals surface area (Å²) in [6, 6.07) is 5.59. The van der Waals surface area contributed by atoms with Crippen molar-refractivity contribution in [2.75, 3.05) is 0 Å². The normalized spacial score (nSPS) is 47.3. The van der Waals surface area contributed by atoms with Crippen molar-refractivity contribution >= 4 is 5.78 Å². The van der Waals surface area contributed by atoms with Gasteiger partial charge in [0.1, 0.15) is 24.4 Å². The number of rotatable bonds is 3. The number of ketones is 1. The summed E-state index contributed by atoms with van der Waals surface area (Å²) in [5, 5.41) is 22.8.